The average molecular weight is 203 g/mol. The summed E-state index contributed by atoms with van der Waals surface area (Å²) in [6.45, 7) is 2.11. The highest BCUT2D eigenvalue weighted by Gasteiger charge is 2.24. The molecule has 0 amide bonds. The van der Waals surface area contributed by atoms with Gasteiger partial charge in [-0.15, -0.1) is 0 Å². The lowest BCUT2D eigenvalue weighted by atomic mass is 10.1. The second kappa shape index (κ2) is 6.68. The van der Waals surface area contributed by atoms with Crippen molar-refractivity contribution >= 4 is 11.8 Å². The van der Waals surface area contributed by atoms with E-state index in [0.717, 1.165) is 19.5 Å². The zero-order valence-corrected chi connectivity index (χ0v) is 9.28. The van der Waals surface area contributed by atoms with Crippen LogP contribution in [0.2, 0.25) is 0 Å². The van der Waals surface area contributed by atoms with Crippen LogP contribution in [0.25, 0.3) is 0 Å². The van der Waals surface area contributed by atoms with Crippen molar-refractivity contribution in [1.29, 1.82) is 0 Å². The summed E-state index contributed by atoms with van der Waals surface area (Å²) in [7, 11) is 0. The Hall–Kier alpha value is 0.270. The molecule has 2 atom stereocenters. The fourth-order valence-electron chi connectivity index (χ4n) is 1.88. The van der Waals surface area contributed by atoms with Crippen LogP contribution in [0.3, 0.4) is 0 Å². The lowest BCUT2D eigenvalue weighted by Crippen LogP contribution is -2.28. The minimum atomic E-state index is -0.0342. The molecule has 1 rings (SSSR count). The molecule has 13 heavy (non-hydrogen) atoms. The number of nitrogens with one attached hydrogen (secondary N) is 1. The van der Waals surface area contributed by atoms with Crippen LogP contribution in [0, 0.1) is 5.92 Å². The number of rotatable bonds is 6. The van der Waals surface area contributed by atoms with Crippen LogP contribution in [0.1, 0.15) is 25.7 Å². The van der Waals surface area contributed by atoms with Crippen LogP contribution in [-0.4, -0.2) is 36.3 Å². The molecule has 0 radical (unpaired) electrons. The third-order valence-corrected chi connectivity index (χ3v) is 3.42. The maximum atomic E-state index is 9.55. The molecular formula is C10H21NOS. The lowest BCUT2D eigenvalue weighted by molar-refractivity contribution is 0.132. The van der Waals surface area contributed by atoms with E-state index in [1.165, 1.54) is 25.0 Å². The first-order chi connectivity index (χ1) is 6.34. The second-order valence-corrected chi connectivity index (χ2v) is 4.79. The first kappa shape index (κ1) is 11.3. The molecule has 3 heteroatoms. The molecule has 0 aromatic carbocycles. The molecule has 0 saturated heterocycles. The van der Waals surface area contributed by atoms with Crippen LogP contribution >= 0.6 is 11.8 Å². The van der Waals surface area contributed by atoms with Gasteiger partial charge in [0.05, 0.1) is 6.10 Å². The third-order valence-electron chi connectivity index (χ3n) is 2.73. The molecule has 2 nitrogen and oxygen atoms in total. The number of aliphatic hydroxyl groups is 1. The Morgan fingerprint density at radius 3 is 2.92 bits per heavy atom. The molecule has 0 bridgehead atoms. The van der Waals surface area contributed by atoms with E-state index in [9.17, 15) is 5.11 Å². The molecular weight excluding hydrogens is 182 g/mol. The molecule has 0 aromatic rings. The molecule has 1 saturated carbocycles. The maximum Gasteiger partial charge on any atom is 0.0580 e. The lowest BCUT2D eigenvalue weighted by Gasteiger charge is -2.14. The number of aliphatic hydroxyl groups excluding tert-OH is 1. The van der Waals surface area contributed by atoms with Crippen LogP contribution in [0.5, 0.6) is 0 Å². The Bertz CT molecular complexity index is 132. The van der Waals surface area contributed by atoms with Crippen LogP contribution in [0.4, 0.5) is 0 Å². The van der Waals surface area contributed by atoms with Crippen LogP contribution in [-0.2, 0) is 0 Å². The average Bonchev–Trinajstić information content (AvgIpc) is 2.52. The minimum Gasteiger partial charge on any atom is -0.393 e. The van der Waals surface area contributed by atoms with E-state index < -0.39 is 0 Å². The van der Waals surface area contributed by atoms with E-state index >= 15 is 0 Å². The van der Waals surface area contributed by atoms with Gasteiger partial charge in [0.1, 0.15) is 0 Å². The molecule has 0 aliphatic heterocycles. The number of hydrogen-bond acceptors (Lipinski definition) is 3. The zero-order chi connectivity index (χ0) is 9.52. The molecule has 1 aliphatic rings. The van der Waals surface area contributed by atoms with Gasteiger partial charge in [0, 0.05) is 6.54 Å². The molecule has 0 spiro atoms. The zero-order valence-electron chi connectivity index (χ0n) is 8.46. The van der Waals surface area contributed by atoms with E-state index in [0.29, 0.717) is 5.92 Å². The summed E-state index contributed by atoms with van der Waals surface area (Å²) in [6.07, 6.45) is 6.77. The van der Waals surface area contributed by atoms with E-state index in [1.54, 1.807) is 0 Å². The van der Waals surface area contributed by atoms with Gasteiger partial charge < -0.3 is 10.4 Å². The smallest absolute Gasteiger partial charge is 0.0580 e. The summed E-state index contributed by atoms with van der Waals surface area (Å²) in [5.74, 6) is 1.76. The Morgan fingerprint density at radius 2 is 2.31 bits per heavy atom. The van der Waals surface area contributed by atoms with Gasteiger partial charge in [-0.3, -0.25) is 0 Å². The van der Waals surface area contributed by atoms with Gasteiger partial charge in [-0.1, -0.05) is 6.42 Å². The summed E-state index contributed by atoms with van der Waals surface area (Å²) in [4.78, 5) is 0. The second-order valence-electron chi connectivity index (χ2n) is 3.81. The van der Waals surface area contributed by atoms with E-state index in [1.807, 2.05) is 11.8 Å². The number of hydrogen-bond donors (Lipinski definition) is 2. The Morgan fingerprint density at radius 1 is 1.46 bits per heavy atom. The van der Waals surface area contributed by atoms with Crippen LogP contribution < -0.4 is 5.32 Å². The standard InChI is InChI=1S/C10H21NOS/c1-13-7-3-6-11-8-9-4-2-5-10(9)12/h9-12H,2-8H2,1H3. The van der Waals surface area contributed by atoms with Gasteiger partial charge in [0.15, 0.2) is 0 Å². The van der Waals surface area contributed by atoms with E-state index in [-0.39, 0.29) is 6.10 Å². The quantitative estimate of drug-likeness (QED) is 0.642. The fourth-order valence-corrected chi connectivity index (χ4v) is 2.32. The molecule has 2 unspecified atom stereocenters. The highest BCUT2D eigenvalue weighted by Crippen LogP contribution is 2.24. The van der Waals surface area contributed by atoms with Crippen molar-refractivity contribution in [3.8, 4) is 0 Å². The predicted molar refractivity (Wildman–Crippen MR) is 59.2 cm³/mol. The van der Waals surface area contributed by atoms with Gasteiger partial charge in [-0.2, -0.15) is 11.8 Å². The minimum absolute atomic E-state index is 0.0342. The van der Waals surface area contributed by atoms with E-state index in [2.05, 4.69) is 11.6 Å². The van der Waals surface area contributed by atoms with Crippen molar-refractivity contribution in [3.05, 3.63) is 0 Å². The molecule has 2 N–H and O–H groups in total. The van der Waals surface area contributed by atoms with Crippen LogP contribution in [0.15, 0.2) is 0 Å². The van der Waals surface area contributed by atoms with Gasteiger partial charge in [-0.25, -0.2) is 0 Å². The fraction of sp³-hybridized carbons (Fsp3) is 1.00. The summed E-state index contributed by atoms with van der Waals surface area (Å²) in [5, 5.41) is 13.0. The third kappa shape index (κ3) is 4.34. The van der Waals surface area contributed by atoms with Gasteiger partial charge in [0.25, 0.3) is 0 Å². The Balaban J connectivity index is 1.93. The van der Waals surface area contributed by atoms with Crippen molar-refractivity contribution in [1.82, 2.24) is 5.32 Å². The number of thioether (sulfide) groups is 1. The molecule has 78 valence electrons. The molecule has 1 aliphatic carbocycles. The first-order valence-electron chi connectivity index (χ1n) is 5.22. The van der Waals surface area contributed by atoms with Crippen molar-refractivity contribution in [2.45, 2.75) is 31.8 Å². The van der Waals surface area contributed by atoms with E-state index in [4.69, 9.17) is 0 Å². The molecule has 0 heterocycles. The summed E-state index contributed by atoms with van der Waals surface area (Å²) in [6, 6.07) is 0. The van der Waals surface area contributed by atoms with Crippen molar-refractivity contribution in [2.75, 3.05) is 25.1 Å². The Labute approximate surface area is 85.5 Å². The van der Waals surface area contributed by atoms with Gasteiger partial charge in [-0.05, 0) is 43.7 Å². The van der Waals surface area contributed by atoms with Crippen molar-refractivity contribution in [3.63, 3.8) is 0 Å². The highest BCUT2D eigenvalue weighted by atomic mass is 32.2. The SMILES string of the molecule is CSCCCNCC1CCCC1O. The topological polar surface area (TPSA) is 32.3 Å². The largest absolute Gasteiger partial charge is 0.393 e. The van der Waals surface area contributed by atoms with Crippen molar-refractivity contribution < 1.29 is 5.11 Å². The van der Waals surface area contributed by atoms with Gasteiger partial charge >= 0.3 is 0 Å². The van der Waals surface area contributed by atoms with Crippen molar-refractivity contribution in [2.24, 2.45) is 5.92 Å². The monoisotopic (exact) mass is 203 g/mol. The normalized spacial score (nSPS) is 28.2. The first-order valence-corrected chi connectivity index (χ1v) is 6.61. The van der Waals surface area contributed by atoms with Gasteiger partial charge in [0.2, 0.25) is 0 Å². The molecule has 0 aromatic heterocycles. The summed E-state index contributed by atoms with van der Waals surface area (Å²) >= 11 is 1.90. The maximum absolute atomic E-state index is 9.55. The summed E-state index contributed by atoms with van der Waals surface area (Å²) in [5.41, 5.74) is 0. The Kier molecular flexibility index (Phi) is 5.83. The molecule has 1 fully saturated rings. The highest BCUT2D eigenvalue weighted by molar-refractivity contribution is 7.98. The predicted octanol–water partition coefficient (Wildman–Crippen LogP) is 1.49. The summed E-state index contributed by atoms with van der Waals surface area (Å²) < 4.78 is 0.